The van der Waals surface area contributed by atoms with Gasteiger partial charge in [-0.15, -0.1) is 0 Å². The number of anilines is 3. The Hall–Kier alpha value is -2.30. The molecule has 0 spiro atoms. The van der Waals surface area contributed by atoms with Gasteiger partial charge in [0.25, 0.3) is 0 Å². The first-order valence-corrected chi connectivity index (χ1v) is 8.29. The molecule has 5 nitrogen and oxygen atoms in total. The topological polar surface area (TPSA) is 44.3 Å². The summed E-state index contributed by atoms with van der Waals surface area (Å²) >= 11 is 0. The Balaban J connectivity index is 1.69. The molecule has 122 valence electrons. The summed E-state index contributed by atoms with van der Waals surface area (Å²) in [6, 6.07) is 13.0. The van der Waals surface area contributed by atoms with E-state index in [1.165, 1.54) is 5.69 Å². The van der Waals surface area contributed by atoms with Crippen molar-refractivity contribution in [3.05, 3.63) is 42.1 Å². The van der Waals surface area contributed by atoms with E-state index in [1.807, 2.05) is 13.0 Å². The third-order valence-electron chi connectivity index (χ3n) is 3.96. The monoisotopic (exact) mass is 311 g/mol. The fourth-order valence-corrected chi connectivity index (χ4v) is 2.87. The summed E-state index contributed by atoms with van der Waals surface area (Å²) in [4.78, 5) is 14.0. The lowest BCUT2D eigenvalue weighted by Crippen LogP contribution is -2.47. The van der Waals surface area contributed by atoms with E-state index in [2.05, 4.69) is 69.3 Å². The Bertz CT molecular complexity index is 633. The number of nitrogens with zero attached hydrogens (tertiary/aromatic N) is 4. The standard InChI is InChI=1S/C18H25N5/c1-14(2)19-17-13-15(3)20-18(21-17)23-11-9-22(10-12-23)16-7-5-4-6-8-16/h4-8,13-14H,9-12H2,1-3H3,(H,19,20,21). The Labute approximate surface area is 138 Å². The van der Waals surface area contributed by atoms with Crippen molar-refractivity contribution in [1.82, 2.24) is 9.97 Å². The highest BCUT2D eigenvalue weighted by molar-refractivity contribution is 5.49. The zero-order valence-electron chi connectivity index (χ0n) is 14.2. The molecular weight excluding hydrogens is 286 g/mol. The molecular formula is C18H25N5. The molecule has 1 aromatic heterocycles. The van der Waals surface area contributed by atoms with Crippen LogP contribution >= 0.6 is 0 Å². The molecule has 0 aliphatic carbocycles. The number of piperazine rings is 1. The van der Waals surface area contributed by atoms with E-state index in [9.17, 15) is 0 Å². The Kier molecular flexibility index (Phi) is 4.65. The van der Waals surface area contributed by atoms with E-state index in [-0.39, 0.29) is 0 Å². The summed E-state index contributed by atoms with van der Waals surface area (Å²) in [5.41, 5.74) is 2.29. The normalized spacial score (nSPS) is 15.1. The van der Waals surface area contributed by atoms with Crippen LogP contribution in [0.2, 0.25) is 0 Å². The summed E-state index contributed by atoms with van der Waals surface area (Å²) in [5, 5.41) is 3.37. The number of benzene rings is 1. The molecule has 2 heterocycles. The van der Waals surface area contributed by atoms with E-state index < -0.39 is 0 Å². The van der Waals surface area contributed by atoms with Crippen LogP contribution in [-0.2, 0) is 0 Å². The van der Waals surface area contributed by atoms with Gasteiger partial charge in [-0.05, 0) is 32.9 Å². The van der Waals surface area contributed by atoms with Crippen molar-refractivity contribution in [2.75, 3.05) is 41.3 Å². The molecule has 1 aliphatic heterocycles. The van der Waals surface area contributed by atoms with E-state index in [4.69, 9.17) is 0 Å². The average Bonchev–Trinajstić information content (AvgIpc) is 2.55. The van der Waals surface area contributed by atoms with Crippen LogP contribution in [0.25, 0.3) is 0 Å². The van der Waals surface area contributed by atoms with Crippen LogP contribution in [0.5, 0.6) is 0 Å². The number of para-hydroxylation sites is 1. The fraction of sp³-hybridized carbons (Fsp3) is 0.444. The molecule has 0 saturated carbocycles. The van der Waals surface area contributed by atoms with Crippen LogP contribution in [0.4, 0.5) is 17.5 Å². The number of hydrogen-bond acceptors (Lipinski definition) is 5. The molecule has 0 unspecified atom stereocenters. The quantitative estimate of drug-likeness (QED) is 0.940. The average molecular weight is 311 g/mol. The molecule has 0 atom stereocenters. The van der Waals surface area contributed by atoms with Gasteiger partial charge in [0.2, 0.25) is 5.95 Å². The van der Waals surface area contributed by atoms with Crippen molar-refractivity contribution < 1.29 is 0 Å². The third kappa shape index (κ3) is 3.92. The Morgan fingerprint density at radius 3 is 2.26 bits per heavy atom. The van der Waals surface area contributed by atoms with E-state index in [0.29, 0.717) is 6.04 Å². The van der Waals surface area contributed by atoms with Gasteiger partial charge in [-0.25, -0.2) is 4.98 Å². The van der Waals surface area contributed by atoms with Crippen LogP contribution in [0.15, 0.2) is 36.4 Å². The zero-order valence-corrected chi connectivity index (χ0v) is 14.2. The van der Waals surface area contributed by atoms with Gasteiger partial charge in [-0.3, -0.25) is 0 Å². The van der Waals surface area contributed by atoms with Gasteiger partial charge in [-0.1, -0.05) is 18.2 Å². The Morgan fingerprint density at radius 2 is 1.61 bits per heavy atom. The van der Waals surface area contributed by atoms with Crippen molar-refractivity contribution in [3.63, 3.8) is 0 Å². The maximum absolute atomic E-state index is 4.68. The molecule has 3 rings (SSSR count). The molecule has 2 aromatic rings. The molecule has 1 N–H and O–H groups in total. The van der Waals surface area contributed by atoms with Crippen molar-refractivity contribution in [1.29, 1.82) is 0 Å². The lowest BCUT2D eigenvalue weighted by atomic mass is 10.2. The number of nitrogens with one attached hydrogen (secondary N) is 1. The van der Waals surface area contributed by atoms with Gasteiger partial charge in [0.05, 0.1) is 0 Å². The third-order valence-corrected chi connectivity index (χ3v) is 3.96. The molecule has 1 fully saturated rings. The second kappa shape index (κ2) is 6.86. The maximum Gasteiger partial charge on any atom is 0.227 e. The van der Waals surface area contributed by atoms with Crippen LogP contribution in [0, 0.1) is 6.92 Å². The molecule has 0 radical (unpaired) electrons. The zero-order chi connectivity index (χ0) is 16.2. The lowest BCUT2D eigenvalue weighted by Gasteiger charge is -2.36. The molecule has 5 heteroatoms. The minimum atomic E-state index is 0.368. The van der Waals surface area contributed by atoms with E-state index in [0.717, 1.165) is 43.6 Å². The van der Waals surface area contributed by atoms with Crippen LogP contribution in [0.3, 0.4) is 0 Å². The molecule has 0 bridgehead atoms. The van der Waals surface area contributed by atoms with Gasteiger partial charge >= 0.3 is 0 Å². The fourth-order valence-electron chi connectivity index (χ4n) is 2.87. The first-order valence-electron chi connectivity index (χ1n) is 8.29. The summed E-state index contributed by atoms with van der Waals surface area (Å²) in [6.07, 6.45) is 0. The van der Waals surface area contributed by atoms with Gasteiger partial charge in [0, 0.05) is 49.7 Å². The van der Waals surface area contributed by atoms with Crippen molar-refractivity contribution in [2.24, 2.45) is 0 Å². The molecule has 1 aromatic carbocycles. The summed E-state index contributed by atoms with van der Waals surface area (Å²) < 4.78 is 0. The molecule has 1 saturated heterocycles. The lowest BCUT2D eigenvalue weighted by molar-refractivity contribution is 0.639. The Morgan fingerprint density at radius 1 is 0.957 bits per heavy atom. The minimum absolute atomic E-state index is 0.368. The highest BCUT2D eigenvalue weighted by atomic mass is 15.3. The SMILES string of the molecule is Cc1cc(NC(C)C)nc(N2CCN(c3ccccc3)CC2)n1. The second-order valence-corrected chi connectivity index (χ2v) is 6.30. The predicted octanol–water partition coefficient (Wildman–Crippen LogP) is 2.93. The van der Waals surface area contributed by atoms with Crippen LogP contribution in [-0.4, -0.2) is 42.2 Å². The largest absolute Gasteiger partial charge is 0.368 e. The predicted molar refractivity (Wildman–Crippen MR) is 96.4 cm³/mol. The molecule has 0 amide bonds. The van der Waals surface area contributed by atoms with Crippen LogP contribution in [0.1, 0.15) is 19.5 Å². The summed E-state index contributed by atoms with van der Waals surface area (Å²) in [7, 11) is 0. The van der Waals surface area contributed by atoms with Crippen LogP contribution < -0.4 is 15.1 Å². The van der Waals surface area contributed by atoms with Crippen molar-refractivity contribution in [3.8, 4) is 0 Å². The minimum Gasteiger partial charge on any atom is -0.368 e. The van der Waals surface area contributed by atoms with Gasteiger partial charge in [0.1, 0.15) is 5.82 Å². The summed E-state index contributed by atoms with van der Waals surface area (Å²) in [5.74, 6) is 1.74. The highest BCUT2D eigenvalue weighted by Crippen LogP contribution is 2.19. The first-order chi connectivity index (χ1) is 11.1. The number of aromatic nitrogens is 2. The molecule has 23 heavy (non-hydrogen) atoms. The number of rotatable bonds is 4. The van der Waals surface area contributed by atoms with Gasteiger partial charge in [0.15, 0.2) is 0 Å². The first kappa shape index (κ1) is 15.6. The smallest absolute Gasteiger partial charge is 0.227 e. The van der Waals surface area contributed by atoms with Gasteiger partial charge in [-0.2, -0.15) is 4.98 Å². The van der Waals surface area contributed by atoms with Gasteiger partial charge < -0.3 is 15.1 Å². The second-order valence-electron chi connectivity index (χ2n) is 6.30. The maximum atomic E-state index is 4.68. The number of hydrogen-bond donors (Lipinski definition) is 1. The van der Waals surface area contributed by atoms with Crippen molar-refractivity contribution >= 4 is 17.5 Å². The highest BCUT2D eigenvalue weighted by Gasteiger charge is 2.19. The number of aryl methyl sites for hydroxylation is 1. The van der Waals surface area contributed by atoms with E-state index in [1.54, 1.807) is 0 Å². The van der Waals surface area contributed by atoms with Crippen molar-refractivity contribution in [2.45, 2.75) is 26.8 Å². The summed E-state index contributed by atoms with van der Waals surface area (Å²) in [6.45, 7) is 10.1. The van der Waals surface area contributed by atoms with E-state index >= 15 is 0 Å². The molecule has 1 aliphatic rings.